The number of nitro benzene ring substituents is 1. The first-order valence-electron chi connectivity index (χ1n) is 10.8. The molecule has 9 heteroatoms. The van der Waals surface area contributed by atoms with E-state index in [-0.39, 0.29) is 29.1 Å². The average molecular weight is 458 g/mol. The molecule has 0 bridgehead atoms. The lowest BCUT2D eigenvalue weighted by molar-refractivity contribution is -0.385. The van der Waals surface area contributed by atoms with Gasteiger partial charge < -0.3 is 10.0 Å². The van der Waals surface area contributed by atoms with Crippen molar-refractivity contribution in [2.45, 2.75) is 25.0 Å². The molecule has 4 unspecified atom stereocenters. The van der Waals surface area contributed by atoms with Crippen LogP contribution >= 0.6 is 0 Å². The minimum Gasteiger partial charge on any atom is -0.478 e. The number of carbonyl (C=O) groups excluding carboxylic acids is 1. The first-order chi connectivity index (χ1) is 16.4. The molecule has 4 atom stereocenters. The van der Waals surface area contributed by atoms with Gasteiger partial charge in [0.1, 0.15) is 6.04 Å². The number of fused-ring (bicyclic) bond motifs is 1. The molecule has 3 aromatic carbocycles. The number of aryl methyl sites for hydroxylation is 1. The normalized spacial score (nSPS) is 23.7. The average Bonchev–Trinajstić information content (AvgIpc) is 3.38. The lowest BCUT2D eigenvalue weighted by Gasteiger charge is -2.31. The second-order valence-electron chi connectivity index (χ2n) is 8.55. The Morgan fingerprint density at radius 3 is 2.26 bits per heavy atom. The van der Waals surface area contributed by atoms with Gasteiger partial charge in [0, 0.05) is 17.7 Å². The zero-order valence-corrected chi connectivity index (χ0v) is 18.2. The molecule has 2 aliphatic rings. The van der Waals surface area contributed by atoms with Crippen molar-refractivity contribution in [3.63, 3.8) is 0 Å². The van der Waals surface area contributed by atoms with E-state index < -0.39 is 23.0 Å². The SMILES string of the molecule is Cc1ccc(C2NNC3C(=O)N(c4ccc(C(=O)O)cc4)C(c4ccccc4[N+](=O)[O-])C32)cc1. The van der Waals surface area contributed by atoms with Gasteiger partial charge in [0.25, 0.3) is 5.69 Å². The molecule has 172 valence electrons. The third kappa shape index (κ3) is 3.51. The fraction of sp³-hybridized carbons (Fsp3) is 0.200. The first kappa shape index (κ1) is 21.7. The third-order valence-corrected chi connectivity index (χ3v) is 6.59. The number of benzene rings is 3. The highest BCUT2D eigenvalue weighted by molar-refractivity contribution is 6.02. The van der Waals surface area contributed by atoms with Crippen LogP contribution in [0.1, 0.15) is 39.1 Å². The zero-order valence-electron chi connectivity index (χ0n) is 18.2. The summed E-state index contributed by atoms with van der Waals surface area (Å²) in [6, 6.07) is 18.9. The molecule has 2 aliphatic heterocycles. The number of nitrogens with one attached hydrogen (secondary N) is 2. The van der Waals surface area contributed by atoms with Crippen LogP contribution in [-0.2, 0) is 4.79 Å². The van der Waals surface area contributed by atoms with Crippen molar-refractivity contribution >= 4 is 23.3 Å². The second kappa shape index (κ2) is 8.36. The molecule has 0 radical (unpaired) electrons. The van der Waals surface area contributed by atoms with Gasteiger partial charge in [-0.3, -0.25) is 14.9 Å². The predicted octanol–water partition coefficient (Wildman–Crippen LogP) is 3.52. The maximum atomic E-state index is 13.6. The van der Waals surface area contributed by atoms with E-state index in [0.29, 0.717) is 11.3 Å². The topological polar surface area (TPSA) is 125 Å². The van der Waals surface area contributed by atoms with Gasteiger partial charge >= 0.3 is 5.97 Å². The third-order valence-electron chi connectivity index (χ3n) is 6.59. The maximum absolute atomic E-state index is 13.6. The minimum atomic E-state index is -1.07. The van der Waals surface area contributed by atoms with Gasteiger partial charge in [-0.05, 0) is 36.8 Å². The number of rotatable bonds is 5. The van der Waals surface area contributed by atoms with E-state index in [0.717, 1.165) is 11.1 Å². The van der Waals surface area contributed by atoms with E-state index in [4.69, 9.17) is 0 Å². The summed E-state index contributed by atoms with van der Waals surface area (Å²) in [5, 5.41) is 21.2. The van der Waals surface area contributed by atoms with Crippen molar-refractivity contribution in [1.29, 1.82) is 0 Å². The summed E-state index contributed by atoms with van der Waals surface area (Å²) in [7, 11) is 0. The Hall–Kier alpha value is -4.08. The highest BCUT2D eigenvalue weighted by atomic mass is 16.6. The number of carboxylic acids is 1. The van der Waals surface area contributed by atoms with Crippen LogP contribution in [0, 0.1) is 23.0 Å². The van der Waals surface area contributed by atoms with E-state index in [1.54, 1.807) is 35.2 Å². The van der Waals surface area contributed by atoms with Crippen molar-refractivity contribution in [3.8, 4) is 0 Å². The number of hydrogen-bond donors (Lipinski definition) is 3. The number of anilines is 1. The lowest BCUT2D eigenvalue weighted by Crippen LogP contribution is -2.41. The Morgan fingerprint density at radius 2 is 1.62 bits per heavy atom. The standard InChI is InChI=1S/C25H22N4O5/c1-14-6-8-15(9-7-14)21-20-22(27-26-21)24(30)28(17-12-10-16(11-13-17)25(31)32)23(20)18-4-2-3-5-19(18)29(33)34/h2-13,20-23,26-27H,1H3,(H,31,32). The van der Waals surface area contributed by atoms with Crippen molar-refractivity contribution in [2.75, 3.05) is 4.90 Å². The summed E-state index contributed by atoms with van der Waals surface area (Å²) in [4.78, 5) is 38.0. The monoisotopic (exact) mass is 458 g/mol. The molecule has 2 saturated heterocycles. The summed E-state index contributed by atoms with van der Waals surface area (Å²) in [6.45, 7) is 1.99. The van der Waals surface area contributed by atoms with Gasteiger partial charge in [0.05, 0.1) is 28.1 Å². The maximum Gasteiger partial charge on any atom is 0.335 e. The van der Waals surface area contributed by atoms with Crippen LogP contribution in [0.25, 0.3) is 0 Å². The fourth-order valence-electron chi connectivity index (χ4n) is 5.00. The Labute approximate surface area is 195 Å². The van der Waals surface area contributed by atoms with E-state index in [1.807, 2.05) is 31.2 Å². The van der Waals surface area contributed by atoms with Crippen molar-refractivity contribution in [1.82, 2.24) is 10.9 Å². The molecule has 3 aromatic rings. The summed E-state index contributed by atoms with van der Waals surface area (Å²) in [6.07, 6.45) is 0. The molecule has 2 heterocycles. The van der Waals surface area contributed by atoms with Crippen LogP contribution < -0.4 is 15.8 Å². The molecular weight excluding hydrogens is 436 g/mol. The van der Waals surface area contributed by atoms with Gasteiger partial charge in [-0.15, -0.1) is 0 Å². The first-order valence-corrected chi connectivity index (χ1v) is 10.8. The van der Waals surface area contributed by atoms with E-state index >= 15 is 0 Å². The van der Waals surface area contributed by atoms with Gasteiger partial charge in [-0.2, -0.15) is 0 Å². The quantitative estimate of drug-likeness (QED) is 0.395. The van der Waals surface area contributed by atoms with Gasteiger partial charge in [0.15, 0.2) is 0 Å². The van der Waals surface area contributed by atoms with Gasteiger partial charge in [0.2, 0.25) is 5.91 Å². The molecule has 1 amide bonds. The number of nitro groups is 1. The molecule has 0 aromatic heterocycles. The molecule has 34 heavy (non-hydrogen) atoms. The summed E-state index contributed by atoms with van der Waals surface area (Å²) < 4.78 is 0. The molecule has 2 fully saturated rings. The highest BCUT2D eigenvalue weighted by Gasteiger charge is 2.57. The number of hydrogen-bond acceptors (Lipinski definition) is 6. The Bertz CT molecular complexity index is 1280. The van der Waals surface area contributed by atoms with Crippen LogP contribution in [0.3, 0.4) is 0 Å². The van der Waals surface area contributed by atoms with E-state index in [1.165, 1.54) is 18.2 Å². The number of hydrazine groups is 1. The largest absolute Gasteiger partial charge is 0.478 e. The minimum absolute atomic E-state index is 0.0670. The second-order valence-corrected chi connectivity index (χ2v) is 8.55. The van der Waals surface area contributed by atoms with Crippen LogP contribution in [0.2, 0.25) is 0 Å². The number of carboxylic acid groups (broad SMARTS) is 1. The van der Waals surface area contributed by atoms with Crippen LogP contribution in [0.15, 0.2) is 72.8 Å². The molecule has 0 aliphatic carbocycles. The Kier molecular flexibility index (Phi) is 5.35. The molecule has 0 saturated carbocycles. The lowest BCUT2D eigenvalue weighted by atomic mass is 9.82. The summed E-state index contributed by atoms with van der Waals surface area (Å²) in [5.74, 6) is -1.66. The van der Waals surface area contributed by atoms with Crippen LogP contribution in [-0.4, -0.2) is 27.9 Å². The van der Waals surface area contributed by atoms with Gasteiger partial charge in [-0.1, -0.05) is 48.0 Å². The van der Waals surface area contributed by atoms with E-state index in [9.17, 15) is 24.8 Å². The summed E-state index contributed by atoms with van der Waals surface area (Å²) >= 11 is 0. The highest BCUT2D eigenvalue weighted by Crippen LogP contribution is 2.50. The van der Waals surface area contributed by atoms with Crippen molar-refractivity contribution < 1.29 is 19.6 Å². The fourth-order valence-corrected chi connectivity index (χ4v) is 5.00. The number of aromatic carboxylic acids is 1. The molecule has 0 spiro atoms. The van der Waals surface area contributed by atoms with Crippen molar-refractivity contribution in [2.24, 2.45) is 5.92 Å². The number of carbonyl (C=O) groups is 2. The Balaban J connectivity index is 1.66. The molecule has 3 N–H and O–H groups in total. The van der Waals surface area contributed by atoms with E-state index in [2.05, 4.69) is 10.9 Å². The summed E-state index contributed by atoms with van der Waals surface area (Å²) in [5.41, 5.74) is 9.33. The smallest absolute Gasteiger partial charge is 0.335 e. The molecule has 5 rings (SSSR count). The molecular formula is C25H22N4O5. The van der Waals surface area contributed by atoms with Gasteiger partial charge in [-0.25, -0.2) is 15.6 Å². The number of para-hydroxylation sites is 1. The number of amides is 1. The number of nitrogens with zero attached hydrogens (tertiary/aromatic N) is 2. The predicted molar refractivity (Wildman–Crippen MR) is 124 cm³/mol. The van der Waals surface area contributed by atoms with Crippen molar-refractivity contribution in [3.05, 3.63) is 105 Å². The van der Waals surface area contributed by atoms with Crippen LogP contribution in [0.5, 0.6) is 0 Å². The Morgan fingerprint density at radius 1 is 0.971 bits per heavy atom. The molecule has 9 nitrogen and oxygen atoms in total. The van der Waals surface area contributed by atoms with Crippen LogP contribution in [0.4, 0.5) is 11.4 Å². The zero-order chi connectivity index (χ0) is 24.0.